The molecule has 2 rings (SSSR count). The minimum absolute atomic E-state index is 0.0139. The highest BCUT2D eigenvalue weighted by molar-refractivity contribution is 5.79. The second-order valence-corrected chi connectivity index (χ2v) is 5.54. The molecule has 0 saturated carbocycles. The summed E-state index contributed by atoms with van der Waals surface area (Å²) in [6, 6.07) is 8.07. The average Bonchev–Trinajstić information content (AvgIpc) is 3.00. The van der Waals surface area contributed by atoms with E-state index in [1.54, 1.807) is 0 Å². The number of ether oxygens (including phenoxy) is 1. The van der Waals surface area contributed by atoms with Crippen LogP contribution in [0.2, 0.25) is 0 Å². The SMILES string of the molecule is CCC1OCCC1C(=O)N(CC)Cc1ccccc1CN. The van der Waals surface area contributed by atoms with Gasteiger partial charge in [-0.2, -0.15) is 0 Å². The van der Waals surface area contributed by atoms with E-state index in [1.165, 1.54) is 0 Å². The van der Waals surface area contributed by atoms with Crippen molar-refractivity contribution in [2.24, 2.45) is 11.7 Å². The zero-order valence-electron chi connectivity index (χ0n) is 13.0. The van der Waals surface area contributed by atoms with E-state index in [0.29, 0.717) is 26.2 Å². The smallest absolute Gasteiger partial charge is 0.228 e. The Morgan fingerprint density at radius 3 is 2.67 bits per heavy atom. The van der Waals surface area contributed by atoms with Crippen molar-refractivity contribution in [2.75, 3.05) is 13.2 Å². The zero-order chi connectivity index (χ0) is 15.2. The maximum Gasteiger partial charge on any atom is 0.228 e. The Balaban J connectivity index is 2.10. The molecule has 1 aromatic carbocycles. The molecular weight excluding hydrogens is 264 g/mol. The van der Waals surface area contributed by atoms with Crippen LogP contribution in [0, 0.1) is 5.92 Å². The van der Waals surface area contributed by atoms with Crippen LogP contribution < -0.4 is 5.73 Å². The number of carbonyl (C=O) groups is 1. The Morgan fingerprint density at radius 1 is 1.33 bits per heavy atom. The van der Waals surface area contributed by atoms with Crippen molar-refractivity contribution in [3.8, 4) is 0 Å². The van der Waals surface area contributed by atoms with Gasteiger partial charge in [0.2, 0.25) is 5.91 Å². The minimum Gasteiger partial charge on any atom is -0.377 e. The molecule has 4 heteroatoms. The molecule has 2 N–H and O–H groups in total. The molecule has 0 bridgehead atoms. The summed E-state index contributed by atoms with van der Waals surface area (Å²) >= 11 is 0. The van der Waals surface area contributed by atoms with Crippen LogP contribution in [0.5, 0.6) is 0 Å². The molecule has 1 saturated heterocycles. The molecule has 116 valence electrons. The highest BCUT2D eigenvalue weighted by atomic mass is 16.5. The van der Waals surface area contributed by atoms with E-state index in [4.69, 9.17) is 10.5 Å². The predicted octanol–water partition coefficient (Wildman–Crippen LogP) is 2.31. The normalized spacial score (nSPS) is 21.5. The molecule has 0 spiro atoms. The van der Waals surface area contributed by atoms with Gasteiger partial charge in [0.25, 0.3) is 0 Å². The second-order valence-electron chi connectivity index (χ2n) is 5.54. The third kappa shape index (κ3) is 3.63. The highest BCUT2D eigenvalue weighted by Gasteiger charge is 2.35. The van der Waals surface area contributed by atoms with Gasteiger partial charge < -0.3 is 15.4 Å². The van der Waals surface area contributed by atoms with E-state index < -0.39 is 0 Å². The second kappa shape index (κ2) is 7.57. The van der Waals surface area contributed by atoms with Crippen LogP contribution >= 0.6 is 0 Å². The van der Waals surface area contributed by atoms with Gasteiger partial charge in [-0.3, -0.25) is 4.79 Å². The van der Waals surface area contributed by atoms with Gasteiger partial charge in [-0.25, -0.2) is 0 Å². The first-order chi connectivity index (χ1) is 10.2. The summed E-state index contributed by atoms with van der Waals surface area (Å²) < 4.78 is 5.66. The van der Waals surface area contributed by atoms with Gasteiger partial charge in [-0.15, -0.1) is 0 Å². The largest absolute Gasteiger partial charge is 0.377 e. The number of rotatable bonds is 6. The number of nitrogens with zero attached hydrogens (tertiary/aromatic N) is 1. The van der Waals surface area contributed by atoms with Crippen molar-refractivity contribution in [2.45, 2.75) is 45.9 Å². The first-order valence-electron chi connectivity index (χ1n) is 7.88. The molecule has 1 fully saturated rings. The summed E-state index contributed by atoms with van der Waals surface area (Å²) in [7, 11) is 0. The monoisotopic (exact) mass is 290 g/mol. The molecule has 1 aromatic rings. The van der Waals surface area contributed by atoms with E-state index in [-0.39, 0.29) is 17.9 Å². The molecule has 1 heterocycles. The summed E-state index contributed by atoms with van der Waals surface area (Å²) in [5, 5.41) is 0. The minimum atomic E-state index is 0.0139. The fourth-order valence-corrected chi connectivity index (χ4v) is 3.03. The molecule has 4 nitrogen and oxygen atoms in total. The Labute approximate surface area is 127 Å². The summed E-state index contributed by atoms with van der Waals surface area (Å²) in [5.41, 5.74) is 8.04. The number of hydrogen-bond donors (Lipinski definition) is 1. The van der Waals surface area contributed by atoms with Crippen LogP contribution in [0.4, 0.5) is 0 Å². The summed E-state index contributed by atoms with van der Waals surface area (Å²) in [6.45, 7) is 6.66. The van der Waals surface area contributed by atoms with Crippen LogP contribution in [0.1, 0.15) is 37.8 Å². The van der Waals surface area contributed by atoms with Crippen molar-refractivity contribution >= 4 is 5.91 Å². The Morgan fingerprint density at radius 2 is 2.05 bits per heavy atom. The molecule has 1 amide bonds. The van der Waals surface area contributed by atoms with Crippen molar-refractivity contribution < 1.29 is 9.53 Å². The molecule has 21 heavy (non-hydrogen) atoms. The van der Waals surface area contributed by atoms with Crippen molar-refractivity contribution in [3.63, 3.8) is 0 Å². The molecule has 2 unspecified atom stereocenters. The molecule has 0 aromatic heterocycles. The van der Waals surface area contributed by atoms with Crippen molar-refractivity contribution in [3.05, 3.63) is 35.4 Å². The quantitative estimate of drug-likeness (QED) is 0.874. The van der Waals surface area contributed by atoms with Gasteiger partial charge in [0.1, 0.15) is 0 Å². The van der Waals surface area contributed by atoms with E-state index in [1.807, 2.05) is 30.0 Å². The van der Waals surface area contributed by atoms with Gasteiger partial charge in [0, 0.05) is 26.2 Å². The van der Waals surface area contributed by atoms with Gasteiger partial charge in [0.05, 0.1) is 12.0 Å². The van der Waals surface area contributed by atoms with Crippen LogP contribution in [0.15, 0.2) is 24.3 Å². The van der Waals surface area contributed by atoms with E-state index in [2.05, 4.69) is 13.0 Å². The fraction of sp³-hybridized carbons (Fsp3) is 0.588. The lowest BCUT2D eigenvalue weighted by Gasteiger charge is -2.27. The lowest BCUT2D eigenvalue weighted by Crippen LogP contribution is -2.39. The van der Waals surface area contributed by atoms with Gasteiger partial charge >= 0.3 is 0 Å². The maximum atomic E-state index is 12.8. The van der Waals surface area contributed by atoms with Crippen molar-refractivity contribution in [1.82, 2.24) is 4.90 Å². The summed E-state index contributed by atoms with van der Waals surface area (Å²) in [6.07, 6.45) is 1.82. The predicted molar refractivity (Wildman–Crippen MR) is 83.6 cm³/mol. The summed E-state index contributed by atoms with van der Waals surface area (Å²) in [5.74, 6) is 0.230. The van der Waals surface area contributed by atoms with Gasteiger partial charge in [-0.1, -0.05) is 31.2 Å². The maximum absolute atomic E-state index is 12.8. The Bertz CT molecular complexity index is 476. The average molecular weight is 290 g/mol. The molecule has 1 aliphatic heterocycles. The van der Waals surface area contributed by atoms with E-state index in [0.717, 1.165) is 24.0 Å². The lowest BCUT2D eigenvalue weighted by atomic mass is 9.97. The van der Waals surface area contributed by atoms with Crippen LogP contribution in [-0.2, 0) is 22.6 Å². The van der Waals surface area contributed by atoms with Crippen LogP contribution in [0.25, 0.3) is 0 Å². The molecule has 0 radical (unpaired) electrons. The molecule has 2 atom stereocenters. The van der Waals surface area contributed by atoms with Crippen LogP contribution in [0.3, 0.4) is 0 Å². The van der Waals surface area contributed by atoms with Gasteiger partial charge in [0.15, 0.2) is 0 Å². The summed E-state index contributed by atoms with van der Waals surface area (Å²) in [4.78, 5) is 14.7. The third-order valence-corrected chi connectivity index (χ3v) is 4.32. The number of hydrogen-bond acceptors (Lipinski definition) is 3. The Hall–Kier alpha value is -1.39. The Kier molecular flexibility index (Phi) is 5.76. The van der Waals surface area contributed by atoms with Gasteiger partial charge in [-0.05, 0) is 30.9 Å². The molecule has 0 aliphatic carbocycles. The van der Waals surface area contributed by atoms with Crippen molar-refractivity contribution in [1.29, 1.82) is 0 Å². The fourth-order valence-electron chi connectivity index (χ4n) is 3.03. The number of amides is 1. The number of benzene rings is 1. The first kappa shape index (κ1) is 16.0. The first-order valence-corrected chi connectivity index (χ1v) is 7.88. The highest BCUT2D eigenvalue weighted by Crippen LogP contribution is 2.26. The van der Waals surface area contributed by atoms with E-state index in [9.17, 15) is 4.79 Å². The lowest BCUT2D eigenvalue weighted by molar-refractivity contribution is -0.137. The topological polar surface area (TPSA) is 55.6 Å². The molecular formula is C17H26N2O2. The third-order valence-electron chi connectivity index (χ3n) is 4.32. The number of nitrogens with two attached hydrogens (primary N) is 1. The molecule has 1 aliphatic rings. The van der Waals surface area contributed by atoms with Crippen LogP contribution in [-0.4, -0.2) is 30.1 Å². The standard InChI is InChI=1S/C17H26N2O2/c1-3-16-15(9-10-21-16)17(20)19(4-2)12-14-8-6-5-7-13(14)11-18/h5-8,15-16H,3-4,9-12,18H2,1-2H3. The van der Waals surface area contributed by atoms with E-state index >= 15 is 0 Å². The zero-order valence-corrected chi connectivity index (χ0v) is 13.0. The number of carbonyl (C=O) groups excluding carboxylic acids is 1.